The molecule has 9 nitrogen and oxygen atoms in total. The van der Waals surface area contributed by atoms with E-state index in [0.29, 0.717) is 4.31 Å². The van der Waals surface area contributed by atoms with Crippen molar-refractivity contribution in [3.8, 4) is 0 Å². The number of nitrogens with zero attached hydrogens (tertiary/aromatic N) is 1. The van der Waals surface area contributed by atoms with Gasteiger partial charge in [0, 0.05) is 0 Å². The molecule has 0 N–H and O–H groups in total. The Hall–Kier alpha value is -2.46. The Bertz CT molecular complexity index is 881. The van der Waals surface area contributed by atoms with Crippen LogP contribution in [0.3, 0.4) is 0 Å². The van der Waals surface area contributed by atoms with Gasteiger partial charge in [-0.1, -0.05) is 30.3 Å². The second kappa shape index (κ2) is 9.57. The first-order chi connectivity index (χ1) is 14.0. The van der Waals surface area contributed by atoms with Crippen molar-refractivity contribution >= 4 is 28.1 Å². The van der Waals surface area contributed by atoms with E-state index in [1.54, 1.807) is 19.1 Å². The van der Waals surface area contributed by atoms with Crippen molar-refractivity contribution in [1.82, 2.24) is 4.31 Å². The molecule has 1 aromatic rings. The van der Waals surface area contributed by atoms with Gasteiger partial charge in [0.2, 0.25) is 5.91 Å². The van der Waals surface area contributed by atoms with E-state index in [1.807, 2.05) is 18.2 Å². The molecule has 1 saturated heterocycles. The van der Waals surface area contributed by atoms with Crippen LogP contribution in [0.15, 0.2) is 30.3 Å². The standard InChI is InChI=1S/C20H27NO8S/c1-5-27-19(24)20(3,4)13-29-30(25,26)21-14(2)16(18(21)23)11-17(22)28-12-15-9-7-6-8-10-15/h6-10,14,16H,5,11-13H2,1-4H3/t14-,16-/m0/s1. The van der Waals surface area contributed by atoms with E-state index < -0.39 is 52.1 Å². The van der Waals surface area contributed by atoms with Crippen molar-refractivity contribution in [3.63, 3.8) is 0 Å². The van der Waals surface area contributed by atoms with Gasteiger partial charge >= 0.3 is 22.2 Å². The maximum absolute atomic E-state index is 12.4. The normalized spacial score (nSPS) is 19.2. The molecule has 1 amide bonds. The lowest BCUT2D eigenvalue weighted by Crippen LogP contribution is -2.62. The number of hydrogen-bond donors (Lipinski definition) is 0. The van der Waals surface area contributed by atoms with Gasteiger partial charge in [0.15, 0.2) is 0 Å². The Morgan fingerprint density at radius 2 is 1.77 bits per heavy atom. The summed E-state index contributed by atoms with van der Waals surface area (Å²) in [6.45, 7) is 5.85. The Kier molecular flexibility index (Phi) is 7.59. The highest BCUT2D eigenvalue weighted by molar-refractivity contribution is 7.85. The molecule has 0 unspecified atom stereocenters. The summed E-state index contributed by atoms with van der Waals surface area (Å²) in [7, 11) is -4.40. The first kappa shape index (κ1) is 23.8. The average Bonchev–Trinajstić information content (AvgIpc) is 2.70. The highest BCUT2D eigenvalue weighted by Crippen LogP contribution is 2.33. The van der Waals surface area contributed by atoms with E-state index in [1.165, 1.54) is 20.8 Å². The van der Waals surface area contributed by atoms with Gasteiger partial charge in [0.1, 0.15) is 6.61 Å². The molecule has 2 atom stereocenters. The zero-order chi connectivity index (χ0) is 22.5. The number of carbonyl (C=O) groups is 3. The molecule has 10 heteroatoms. The summed E-state index contributed by atoms with van der Waals surface area (Å²) < 4.78 is 40.4. The molecule has 0 saturated carbocycles. The zero-order valence-corrected chi connectivity index (χ0v) is 18.3. The highest BCUT2D eigenvalue weighted by Gasteiger charge is 2.52. The van der Waals surface area contributed by atoms with Gasteiger partial charge in [-0.3, -0.25) is 18.6 Å². The number of hydrogen-bond acceptors (Lipinski definition) is 8. The first-order valence-corrected chi connectivity index (χ1v) is 11.0. The monoisotopic (exact) mass is 441 g/mol. The van der Waals surface area contributed by atoms with E-state index in [-0.39, 0.29) is 19.6 Å². The molecule has 1 heterocycles. The Balaban J connectivity index is 1.89. The van der Waals surface area contributed by atoms with Crippen molar-refractivity contribution in [2.24, 2.45) is 11.3 Å². The van der Waals surface area contributed by atoms with E-state index >= 15 is 0 Å². The number of amides is 1. The maximum Gasteiger partial charge on any atom is 0.364 e. The minimum absolute atomic E-state index is 0.0725. The summed E-state index contributed by atoms with van der Waals surface area (Å²) >= 11 is 0. The molecule has 30 heavy (non-hydrogen) atoms. The van der Waals surface area contributed by atoms with Crippen LogP contribution in [0.2, 0.25) is 0 Å². The van der Waals surface area contributed by atoms with Crippen LogP contribution >= 0.6 is 0 Å². The van der Waals surface area contributed by atoms with Gasteiger partial charge in [-0.2, -0.15) is 8.42 Å². The smallest absolute Gasteiger partial charge is 0.364 e. The molecule has 1 aliphatic heterocycles. The summed E-state index contributed by atoms with van der Waals surface area (Å²) in [6, 6.07) is 8.30. The van der Waals surface area contributed by atoms with Gasteiger partial charge in [-0.05, 0) is 33.3 Å². The largest absolute Gasteiger partial charge is 0.466 e. The van der Waals surface area contributed by atoms with Crippen LogP contribution in [-0.2, 0) is 45.0 Å². The van der Waals surface area contributed by atoms with Crippen molar-refractivity contribution in [2.45, 2.75) is 46.8 Å². The lowest BCUT2D eigenvalue weighted by atomic mass is 9.89. The molecule has 1 aliphatic rings. The average molecular weight is 442 g/mol. The Morgan fingerprint density at radius 1 is 1.13 bits per heavy atom. The fourth-order valence-electron chi connectivity index (χ4n) is 2.86. The van der Waals surface area contributed by atoms with Crippen molar-refractivity contribution in [2.75, 3.05) is 13.2 Å². The third kappa shape index (κ3) is 5.57. The minimum Gasteiger partial charge on any atom is -0.466 e. The highest BCUT2D eigenvalue weighted by atomic mass is 32.2. The van der Waals surface area contributed by atoms with E-state index in [4.69, 9.17) is 13.7 Å². The number of esters is 2. The Morgan fingerprint density at radius 3 is 2.33 bits per heavy atom. The number of carbonyl (C=O) groups excluding carboxylic acids is 3. The fourth-order valence-corrected chi connectivity index (χ4v) is 4.33. The van der Waals surface area contributed by atoms with Crippen molar-refractivity contribution < 1.29 is 36.5 Å². The van der Waals surface area contributed by atoms with Crippen LogP contribution in [0.25, 0.3) is 0 Å². The van der Waals surface area contributed by atoms with Crippen LogP contribution in [0.1, 0.15) is 39.7 Å². The van der Waals surface area contributed by atoms with E-state index in [2.05, 4.69) is 0 Å². The van der Waals surface area contributed by atoms with E-state index in [0.717, 1.165) is 5.56 Å². The number of ether oxygens (including phenoxy) is 2. The minimum atomic E-state index is -4.40. The van der Waals surface area contributed by atoms with Crippen LogP contribution in [0, 0.1) is 11.3 Å². The van der Waals surface area contributed by atoms with Gasteiger partial charge in [0.25, 0.3) is 0 Å². The lowest BCUT2D eigenvalue weighted by molar-refractivity contribution is -0.157. The van der Waals surface area contributed by atoms with E-state index in [9.17, 15) is 22.8 Å². The predicted octanol–water partition coefficient (Wildman–Crippen LogP) is 1.82. The molecule has 0 aliphatic carbocycles. The molecule has 0 bridgehead atoms. The Labute approximate surface area is 176 Å². The number of β-lactam (4-membered cyclic amide) rings is 1. The molecular weight excluding hydrogens is 414 g/mol. The molecule has 2 rings (SSSR count). The van der Waals surface area contributed by atoms with Gasteiger partial charge in [-0.15, -0.1) is 0 Å². The molecule has 0 spiro atoms. The van der Waals surface area contributed by atoms with Gasteiger partial charge in [-0.25, -0.2) is 4.31 Å². The summed E-state index contributed by atoms with van der Waals surface area (Å²) in [4.78, 5) is 36.3. The second-order valence-corrected chi connectivity index (χ2v) is 9.14. The number of benzene rings is 1. The molecule has 0 aromatic heterocycles. The molecule has 0 radical (unpaired) electrons. The van der Waals surface area contributed by atoms with Crippen LogP contribution < -0.4 is 0 Å². The zero-order valence-electron chi connectivity index (χ0n) is 17.5. The summed E-state index contributed by atoms with van der Waals surface area (Å²) in [5.74, 6) is -2.76. The third-order valence-corrected chi connectivity index (χ3v) is 6.16. The quantitative estimate of drug-likeness (QED) is 0.399. The molecule has 166 valence electrons. The van der Waals surface area contributed by atoms with Crippen molar-refractivity contribution in [3.05, 3.63) is 35.9 Å². The second-order valence-electron chi connectivity index (χ2n) is 7.66. The van der Waals surface area contributed by atoms with Gasteiger partial charge in [0.05, 0.1) is 37.0 Å². The third-order valence-electron chi connectivity index (χ3n) is 4.75. The summed E-state index contributed by atoms with van der Waals surface area (Å²) in [6.07, 6.45) is -0.229. The van der Waals surface area contributed by atoms with Gasteiger partial charge < -0.3 is 9.47 Å². The maximum atomic E-state index is 12.4. The summed E-state index contributed by atoms with van der Waals surface area (Å²) in [5.41, 5.74) is -0.401. The molecular formula is C20H27NO8S. The molecule has 1 fully saturated rings. The summed E-state index contributed by atoms with van der Waals surface area (Å²) in [5, 5.41) is 0. The van der Waals surface area contributed by atoms with Crippen LogP contribution in [-0.4, -0.2) is 49.8 Å². The van der Waals surface area contributed by atoms with Crippen LogP contribution in [0.5, 0.6) is 0 Å². The first-order valence-electron chi connectivity index (χ1n) is 9.59. The topological polar surface area (TPSA) is 116 Å². The number of rotatable bonds is 10. The molecule has 1 aromatic carbocycles. The van der Waals surface area contributed by atoms with Crippen molar-refractivity contribution in [1.29, 1.82) is 0 Å². The predicted molar refractivity (Wildman–Crippen MR) is 106 cm³/mol. The fraction of sp³-hybridized carbons (Fsp3) is 0.550. The van der Waals surface area contributed by atoms with Crippen LogP contribution in [0.4, 0.5) is 0 Å². The lowest BCUT2D eigenvalue weighted by Gasteiger charge is -2.43. The SMILES string of the molecule is CCOC(=O)C(C)(C)COS(=O)(=O)N1C(=O)[C@@H](CC(=O)OCc2ccccc2)[C@@H]1C.